The number of ether oxygens (including phenoxy) is 1. The molecule has 0 bridgehead atoms. The Morgan fingerprint density at radius 2 is 1.69 bits per heavy atom. The number of methoxy groups -OCH3 is 1. The number of carbonyl (C=O) groups excluding carboxylic acids is 1. The summed E-state index contributed by atoms with van der Waals surface area (Å²) in [7, 11) is -2.08. The molecule has 0 radical (unpaired) electrons. The van der Waals surface area contributed by atoms with Crippen LogP contribution in [0.5, 0.6) is 5.75 Å². The maximum Gasteiger partial charge on any atom is 0.243 e. The highest BCUT2D eigenvalue weighted by atomic mass is 32.2. The molecule has 6 nitrogen and oxygen atoms in total. The lowest BCUT2D eigenvalue weighted by Gasteiger charge is -2.33. The number of benzene rings is 2. The van der Waals surface area contributed by atoms with E-state index in [4.69, 9.17) is 4.74 Å². The smallest absolute Gasteiger partial charge is 0.243 e. The summed E-state index contributed by atoms with van der Waals surface area (Å²) in [6.07, 6.45) is 0.901. The topological polar surface area (TPSA) is 66.9 Å². The molecular weight excluding hydrogens is 395 g/mol. The van der Waals surface area contributed by atoms with Crippen molar-refractivity contribution >= 4 is 21.6 Å². The summed E-state index contributed by atoms with van der Waals surface area (Å²) in [4.78, 5) is 14.8. The van der Waals surface area contributed by atoms with E-state index in [9.17, 15) is 17.6 Å². The molecule has 0 spiro atoms. The van der Waals surface area contributed by atoms with Gasteiger partial charge in [0, 0.05) is 31.2 Å². The van der Waals surface area contributed by atoms with Gasteiger partial charge in [0.1, 0.15) is 11.6 Å². The molecule has 0 aliphatic carbocycles. The van der Waals surface area contributed by atoms with Gasteiger partial charge in [0.15, 0.2) is 0 Å². The molecule has 1 saturated heterocycles. The fraction of sp³-hybridized carbons (Fsp3) is 0.381. The Hall–Kier alpha value is -2.45. The lowest BCUT2D eigenvalue weighted by atomic mass is 9.96. The van der Waals surface area contributed by atoms with Crippen LogP contribution >= 0.6 is 0 Å². The van der Waals surface area contributed by atoms with Crippen molar-refractivity contribution in [1.82, 2.24) is 4.31 Å². The average molecular weight is 421 g/mol. The minimum Gasteiger partial charge on any atom is -0.497 e. The van der Waals surface area contributed by atoms with Crippen LogP contribution in [0, 0.1) is 11.7 Å². The van der Waals surface area contributed by atoms with Crippen molar-refractivity contribution in [2.24, 2.45) is 5.92 Å². The Morgan fingerprint density at radius 1 is 1.10 bits per heavy atom. The molecule has 0 aromatic heterocycles. The first-order valence-electron chi connectivity index (χ1n) is 9.58. The van der Waals surface area contributed by atoms with E-state index in [0.29, 0.717) is 30.8 Å². The van der Waals surface area contributed by atoms with Crippen LogP contribution in [-0.4, -0.2) is 45.4 Å². The van der Waals surface area contributed by atoms with Crippen LogP contribution in [0.2, 0.25) is 0 Å². The normalized spacial score (nSPS) is 15.8. The predicted molar refractivity (Wildman–Crippen MR) is 109 cm³/mol. The van der Waals surface area contributed by atoms with Crippen molar-refractivity contribution < 1.29 is 22.3 Å². The first-order valence-corrected chi connectivity index (χ1v) is 11.0. The van der Waals surface area contributed by atoms with E-state index in [-0.39, 0.29) is 35.6 Å². The summed E-state index contributed by atoms with van der Waals surface area (Å²) < 4.78 is 45.4. The Labute approximate surface area is 170 Å². The number of rotatable bonds is 6. The molecule has 3 rings (SSSR count). The second-order valence-electron chi connectivity index (χ2n) is 6.91. The number of hydrogen-bond donors (Lipinski definition) is 0. The van der Waals surface area contributed by atoms with Crippen LogP contribution in [-0.2, 0) is 14.8 Å². The highest BCUT2D eigenvalue weighted by molar-refractivity contribution is 7.89. The van der Waals surface area contributed by atoms with Crippen LogP contribution in [0.1, 0.15) is 19.8 Å². The zero-order valence-corrected chi connectivity index (χ0v) is 17.4. The third-order valence-corrected chi connectivity index (χ3v) is 7.13. The largest absolute Gasteiger partial charge is 0.497 e. The van der Waals surface area contributed by atoms with E-state index in [1.54, 1.807) is 29.2 Å². The third-order valence-electron chi connectivity index (χ3n) is 5.22. The van der Waals surface area contributed by atoms with Gasteiger partial charge in [-0.3, -0.25) is 4.79 Å². The van der Waals surface area contributed by atoms with E-state index in [2.05, 4.69) is 0 Å². The van der Waals surface area contributed by atoms with Crippen LogP contribution in [0.3, 0.4) is 0 Å². The van der Waals surface area contributed by atoms with Gasteiger partial charge in [0.05, 0.1) is 12.0 Å². The predicted octanol–water partition coefficient (Wildman–Crippen LogP) is 3.29. The van der Waals surface area contributed by atoms with Crippen molar-refractivity contribution in [3.8, 4) is 5.75 Å². The lowest BCUT2D eigenvalue weighted by molar-refractivity contribution is -0.123. The highest BCUT2D eigenvalue weighted by Crippen LogP contribution is 2.27. The van der Waals surface area contributed by atoms with E-state index in [1.807, 2.05) is 6.92 Å². The van der Waals surface area contributed by atoms with E-state index < -0.39 is 10.0 Å². The van der Waals surface area contributed by atoms with Gasteiger partial charge in [-0.25, -0.2) is 12.8 Å². The van der Waals surface area contributed by atoms with Crippen molar-refractivity contribution in [1.29, 1.82) is 0 Å². The average Bonchev–Trinajstić information content (AvgIpc) is 2.75. The fourth-order valence-electron chi connectivity index (χ4n) is 3.55. The maximum atomic E-state index is 13.2. The molecule has 2 aromatic rings. The van der Waals surface area contributed by atoms with Crippen LogP contribution in [0.4, 0.5) is 10.1 Å². The molecule has 0 atom stereocenters. The summed E-state index contributed by atoms with van der Waals surface area (Å²) in [5.41, 5.74) is 0.646. The standard InChI is InChI=1S/C21H25FN2O4S/c1-3-24(18-6-4-17(22)5-7-18)21(25)16-12-14-23(15-13-16)29(26,27)20-10-8-19(28-2)9-11-20/h4-11,16H,3,12-15H2,1-2H3. The third kappa shape index (κ3) is 4.59. The molecule has 156 valence electrons. The highest BCUT2D eigenvalue weighted by Gasteiger charge is 2.33. The number of piperidine rings is 1. The number of halogens is 1. The first kappa shape index (κ1) is 21.3. The molecule has 1 heterocycles. The summed E-state index contributed by atoms with van der Waals surface area (Å²) in [6, 6.07) is 12.1. The van der Waals surface area contributed by atoms with Gasteiger partial charge in [-0.1, -0.05) is 0 Å². The molecule has 0 N–H and O–H groups in total. The molecule has 2 aromatic carbocycles. The Bertz CT molecular complexity index is 938. The van der Waals surface area contributed by atoms with E-state index in [0.717, 1.165) is 0 Å². The number of sulfonamides is 1. The molecule has 1 amide bonds. The second-order valence-corrected chi connectivity index (χ2v) is 8.85. The summed E-state index contributed by atoms with van der Waals surface area (Å²) in [6.45, 7) is 2.90. The summed E-state index contributed by atoms with van der Waals surface area (Å²) in [5, 5.41) is 0. The second kappa shape index (κ2) is 8.92. The molecule has 0 saturated carbocycles. The molecular formula is C21H25FN2O4S. The molecule has 1 aliphatic rings. The molecule has 1 fully saturated rings. The number of anilines is 1. The zero-order valence-electron chi connectivity index (χ0n) is 16.5. The molecule has 0 unspecified atom stereocenters. The van der Waals surface area contributed by atoms with Crippen molar-refractivity contribution in [3.63, 3.8) is 0 Å². The molecule has 29 heavy (non-hydrogen) atoms. The van der Waals surface area contributed by atoms with Gasteiger partial charge in [0.2, 0.25) is 15.9 Å². The van der Waals surface area contributed by atoms with E-state index in [1.165, 1.54) is 35.7 Å². The molecule has 8 heteroatoms. The number of amides is 1. The first-order chi connectivity index (χ1) is 13.9. The van der Waals surface area contributed by atoms with Gasteiger partial charge in [-0.15, -0.1) is 0 Å². The van der Waals surface area contributed by atoms with E-state index >= 15 is 0 Å². The number of nitrogens with zero attached hydrogens (tertiary/aromatic N) is 2. The van der Waals surface area contributed by atoms with Crippen molar-refractivity contribution in [2.75, 3.05) is 31.6 Å². The Morgan fingerprint density at radius 3 is 2.21 bits per heavy atom. The van der Waals surface area contributed by atoms with Gasteiger partial charge in [-0.05, 0) is 68.3 Å². The number of hydrogen-bond acceptors (Lipinski definition) is 4. The van der Waals surface area contributed by atoms with Crippen LogP contribution < -0.4 is 9.64 Å². The zero-order chi connectivity index (χ0) is 21.0. The Balaban J connectivity index is 1.67. The minimum absolute atomic E-state index is 0.0550. The van der Waals surface area contributed by atoms with Gasteiger partial charge in [-0.2, -0.15) is 4.31 Å². The maximum absolute atomic E-state index is 13.2. The van der Waals surface area contributed by atoms with Crippen molar-refractivity contribution in [3.05, 3.63) is 54.3 Å². The monoisotopic (exact) mass is 420 g/mol. The van der Waals surface area contributed by atoms with Gasteiger partial charge < -0.3 is 9.64 Å². The van der Waals surface area contributed by atoms with Crippen LogP contribution in [0.25, 0.3) is 0 Å². The quantitative estimate of drug-likeness (QED) is 0.719. The summed E-state index contributed by atoms with van der Waals surface area (Å²) >= 11 is 0. The lowest BCUT2D eigenvalue weighted by Crippen LogP contribution is -2.44. The van der Waals surface area contributed by atoms with Gasteiger partial charge in [0.25, 0.3) is 0 Å². The van der Waals surface area contributed by atoms with Gasteiger partial charge >= 0.3 is 0 Å². The van der Waals surface area contributed by atoms with Crippen LogP contribution in [0.15, 0.2) is 53.4 Å². The van der Waals surface area contributed by atoms with Crippen molar-refractivity contribution in [2.45, 2.75) is 24.7 Å². The SMILES string of the molecule is CCN(C(=O)C1CCN(S(=O)(=O)c2ccc(OC)cc2)CC1)c1ccc(F)cc1. The fourth-order valence-corrected chi connectivity index (χ4v) is 5.02. The number of carbonyl (C=O) groups is 1. The molecule has 1 aliphatic heterocycles. The minimum atomic E-state index is -3.61. The Kier molecular flexibility index (Phi) is 6.54. The summed E-state index contributed by atoms with van der Waals surface area (Å²) in [5.74, 6) is -0.0778.